The lowest BCUT2D eigenvalue weighted by molar-refractivity contribution is -0.0935. The number of unbranched alkanes of at least 4 members (excludes halogenated alkanes) is 1. The van der Waals surface area contributed by atoms with Crippen molar-refractivity contribution in [3.05, 3.63) is 0 Å². The minimum absolute atomic E-state index is 0.0607. The highest BCUT2D eigenvalue weighted by molar-refractivity contribution is 4.64. The third-order valence-electron chi connectivity index (χ3n) is 1.92. The van der Waals surface area contributed by atoms with Gasteiger partial charge in [-0.1, -0.05) is 20.3 Å². The highest BCUT2D eigenvalue weighted by Crippen LogP contribution is 2.13. The smallest absolute Gasteiger partial charge is 0.0813 e. The van der Waals surface area contributed by atoms with E-state index in [4.69, 9.17) is 9.47 Å². The van der Waals surface area contributed by atoms with Crippen LogP contribution < -0.4 is 0 Å². The van der Waals surface area contributed by atoms with Gasteiger partial charge in [0.1, 0.15) is 0 Å². The molecular formula is C12H26O2. The van der Waals surface area contributed by atoms with Gasteiger partial charge in [-0.15, -0.1) is 0 Å². The van der Waals surface area contributed by atoms with Gasteiger partial charge in [-0.3, -0.25) is 0 Å². The predicted octanol–water partition coefficient (Wildman–Crippen LogP) is 3.40. The van der Waals surface area contributed by atoms with Gasteiger partial charge in [-0.25, -0.2) is 0 Å². The number of hydrogen-bond acceptors (Lipinski definition) is 2. The fraction of sp³-hybridized carbons (Fsp3) is 1.00. The maximum Gasteiger partial charge on any atom is 0.0813 e. The van der Waals surface area contributed by atoms with Crippen LogP contribution in [0.25, 0.3) is 0 Å². The molecule has 0 amide bonds. The van der Waals surface area contributed by atoms with Gasteiger partial charge in [0.15, 0.2) is 0 Å². The van der Waals surface area contributed by atoms with Gasteiger partial charge in [-0.05, 0) is 33.6 Å². The number of hydrogen-bond donors (Lipinski definition) is 0. The van der Waals surface area contributed by atoms with E-state index in [9.17, 15) is 0 Å². The van der Waals surface area contributed by atoms with E-state index in [1.807, 2.05) is 0 Å². The Bertz CT molecular complexity index is 127. The van der Waals surface area contributed by atoms with Gasteiger partial charge in [0.2, 0.25) is 0 Å². The molecule has 0 aliphatic carbocycles. The topological polar surface area (TPSA) is 18.5 Å². The van der Waals surface area contributed by atoms with E-state index in [0.29, 0.717) is 0 Å². The Labute approximate surface area is 89.0 Å². The lowest BCUT2D eigenvalue weighted by Gasteiger charge is -2.26. The number of rotatable bonds is 7. The third kappa shape index (κ3) is 8.52. The van der Waals surface area contributed by atoms with E-state index >= 15 is 0 Å². The van der Waals surface area contributed by atoms with Crippen molar-refractivity contribution in [1.29, 1.82) is 0 Å². The van der Waals surface area contributed by atoms with Crippen molar-refractivity contribution in [2.24, 2.45) is 0 Å². The molecule has 0 aliphatic rings. The van der Waals surface area contributed by atoms with Gasteiger partial charge in [0.25, 0.3) is 0 Å². The average Bonchev–Trinajstić information content (AvgIpc) is 2.08. The Morgan fingerprint density at radius 1 is 1.14 bits per heavy atom. The highest BCUT2D eigenvalue weighted by atomic mass is 16.5. The molecule has 14 heavy (non-hydrogen) atoms. The van der Waals surface area contributed by atoms with Crippen LogP contribution in [0.3, 0.4) is 0 Å². The van der Waals surface area contributed by atoms with E-state index < -0.39 is 0 Å². The average molecular weight is 202 g/mol. The maximum atomic E-state index is 5.84. The minimum Gasteiger partial charge on any atom is -0.379 e. The monoisotopic (exact) mass is 202 g/mol. The predicted molar refractivity (Wildman–Crippen MR) is 60.6 cm³/mol. The van der Waals surface area contributed by atoms with Gasteiger partial charge in [0, 0.05) is 6.61 Å². The quantitative estimate of drug-likeness (QED) is 0.589. The lowest BCUT2D eigenvalue weighted by Crippen LogP contribution is -2.30. The molecule has 0 rings (SSSR count). The van der Waals surface area contributed by atoms with Gasteiger partial charge in [0.05, 0.1) is 18.3 Å². The lowest BCUT2D eigenvalue weighted by atomic mass is 10.1. The first-order valence-electron chi connectivity index (χ1n) is 5.75. The highest BCUT2D eigenvalue weighted by Gasteiger charge is 2.17. The summed E-state index contributed by atoms with van der Waals surface area (Å²) in [5.41, 5.74) is -0.0607. The molecule has 0 aromatic rings. The van der Waals surface area contributed by atoms with E-state index in [2.05, 4.69) is 34.6 Å². The van der Waals surface area contributed by atoms with E-state index in [1.165, 1.54) is 6.42 Å². The third-order valence-corrected chi connectivity index (χ3v) is 1.92. The van der Waals surface area contributed by atoms with E-state index in [0.717, 1.165) is 26.1 Å². The van der Waals surface area contributed by atoms with Crippen LogP contribution in [0.2, 0.25) is 0 Å². The molecule has 0 N–H and O–H groups in total. The van der Waals surface area contributed by atoms with Crippen LogP contribution in [0.15, 0.2) is 0 Å². The minimum atomic E-state index is -0.0607. The molecule has 2 nitrogen and oxygen atoms in total. The Morgan fingerprint density at radius 3 is 2.21 bits per heavy atom. The molecule has 1 atom stereocenters. The van der Waals surface area contributed by atoms with Gasteiger partial charge >= 0.3 is 0 Å². The van der Waals surface area contributed by atoms with Crippen molar-refractivity contribution in [3.63, 3.8) is 0 Å². The summed E-state index contributed by atoms with van der Waals surface area (Å²) >= 11 is 0. The summed E-state index contributed by atoms with van der Waals surface area (Å²) in [5.74, 6) is 0. The van der Waals surface area contributed by atoms with Crippen LogP contribution in [-0.2, 0) is 9.47 Å². The van der Waals surface area contributed by atoms with E-state index in [1.54, 1.807) is 0 Å². The zero-order valence-corrected chi connectivity index (χ0v) is 10.4. The second-order valence-electron chi connectivity index (χ2n) is 4.69. The van der Waals surface area contributed by atoms with Crippen LogP contribution in [0.4, 0.5) is 0 Å². The van der Waals surface area contributed by atoms with Crippen molar-refractivity contribution >= 4 is 0 Å². The largest absolute Gasteiger partial charge is 0.379 e. The van der Waals surface area contributed by atoms with Gasteiger partial charge < -0.3 is 9.47 Å². The zero-order valence-electron chi connectivity index (χ0n) is 10.4. The summed E-state index contributed by atoms with van der Waals surface area (Å²) in [7, 11) is 0. The van der Waals surface area contributed by atoms with Crippen LogP contribution in [0.1, 0.15) is 53.9 Å². The molecule has 0 aromatic heterocycles. The second kappa shape index (κ2) is 7.24. The van der Waals surface area contributed by atoms with Crippen LogP contribution >= 0.6 is 0 Å². The van der Waals surface area contributed by atoms with Gasteiger partial charge in [-0.2, -0.15) is 0 Å². The Kier molecular flexibility index (Phi) is 7.20. The molecule has 0 saturated heterocycles. The number of ether oxygens (including phenoxy) is 2. The van der Waals surface area contributed by atoms with Crippen LogP contribution in [-0.4, -0.2) is 24.9 Å². The molecule has 2 heteroatoms. The SMILES string of the molecule is CCCCOCC(CC)OC(C)(C)C. The Morgan fingerprint density at radius 2 is 1.79 bits per heavy atom. The molecule has 0 bridgehead atoms. The van der Waals surface area contributed by atoms with Crippen molar-refractivity contribution < 1.29 is 9.47 Å². The van der Waals surface area contributed by atoms with Crippen molar-refractivity contribution in [2.45, 2.75) is 65.6 Å². The molecule has 0 radical (unpaired) electrons. The Balaban J connectivity index is 3.58. The first-order valence-corrected chi connectivity index (χ1v) is 5.75. The summed E-state index contributed by atoms with van der Waals surface area (Å²) in [6.07, 6.45) is 3.60. The van der Waals surface area contributed by atoms with Crippen molar-refractivity contribution in [3.8, 4) is 0 Å². The molecular weight excluding hydrogens is 176 g/mol. The first-order chi connectivity index (χ1) is 6.49. The maximum absolute atomic E-state index is 5.84. The Hall–Kier alpha value is -0.0800. The fourth-order valence-electron chi connectivity index (χ4n) is 1.20. The molecule has 1 unspecified atom stereocenters. The standard InChI is InChI=1S/C12H26O2/c1-6-8-9-13-10-11(7-2)14-12(3,4)5/h11H,6-10H2,1-5H3. The molecule has 0 fully saturated rings. The van der Waals surface area contributed by atoms with Crippen LogP contribution in [0.5, 0.6) is 0 Å². The fourth-order valence-corrected chi connectivity index (χ4v) is 1.20. The molecule has 0 spiro atoms. The molecule has 0 aromatic carbocycles. The van der Waals surface area contributed by atoms with Crippen molar-refractivity contribution in [2.75, 3.05) is 13.2 Å². The zero-order chi connectivity index (χ0) is 11.0. The normalized spacial score (nSPS) is 14.4. The summed E-state index contributed by atoms with van der Waals surface area (Å²) in [6, 6.07) is 0. The molecule has 0 saturated carbocycles. The summed E-state index contributed by atoms with van der Waals surface area (Å²) in [4.78, 5) is 0. The van der Waals surface area contributed by atoms with Crippen molar-refractivity contribution in [1.82, 2.24) is 0 Å². The molecule has 86 valence electrons. The first kappa shape index (κ1) is 13.9. The summed E-state index contributed by atoms with van der Waals surface area (Å²) in [6.45, 7) is 12.2. The van der Waals surface area contributed by atoms with Crippen LogP contribution in [0, 0.1) is 0 Å². The molecule has 0 aliphatic heterocycles. The van der Waals surface area contributed by atoms with E-state index in [-0.39, 0.29) is 11.7 Å². The second-order valence-corrected chi connectivity index (χ2v) is 4.69. The summed E-state index contributed by atoms with van der Waals surface area (Å²) < 4.78 is 11.4. The summed E-state index contributed by atoms with van der Waals surface area (Å²) in [5, 5.41) is 0. The molecule has 0 heterocycles.